The molecule has 0 spiro atoms. The van der Waals surface area contributed by atoms with E-state index < -0.39 is 0 Å². The minimum atomic E-state index is -0.0842. The minimum Gasteiger partial charge on any atom is -0.356 e. The molecule has 0 saturated carbocycles. The summed E-state index contributed by atoms with van der Waals surface area (Å²) >= 11 is 0. The summed E-state index contributed by atoms with van der Waals surface area (Å²) in [6.45, 7) is 2.45. The standard InChI is InChI=1S/C9H17N3O/c1-8(11)7-9(13)12-6-4-2-3-5-10/h8H,2-4,6-7,11H2,1H3,(H,12,13). The molecule has 1 amide bonds. The first kappa shape index (κ1) is 11.9. The Bertz CT molecular complexity index is 184. The van der Waals surface area contributed by atoms with Gasteiger partial charge in [-0.3, -0.25) is 4.79 Å². The van der Waals surface area contributed by atoms with Crippen LogP contribution in [-0.4, -0.2) is 18.5 Å². The van der Waals surface area contributed by atoms with Crippen molar-refractivity contribution in [3.8, 4) is 6.07 Å². The van der Waals surface area contributed by atoms with Crippen LogP contribution in [0.2, 0.25) is 0 Å². The van der Waals surface area contributed by atoms with Gasteiger partial charge in [-0.15, -0.1) is 0 Å². The van der Waals surface area contributed by atoms with Gasteiger partial charge in [0, 0.05) is 25.4 Å². The molecule has 0 radical (unpaired) electrons. The second-order valence-electron chi connectivity index (χ2n) is 3.15. The molecule has 0 aromatic carbocycles. The molecule has 0 heterocycles. The van der Waals surface area contributed by atoms with E-state index in [2.05, 4.69) is 11.4 Å². The van der Waals surface area contributed by atoms with E-state index in [4.69, 9.17) is 11.0 Å². The molecule has 0 rings (SSSR count). The molecule has 0 fully saturated rings. The summed E-state index contributed by atoms with van der Waals surface area (Å²) in [5.41, 5.74) is 5.44. The first-order chi connectivity index (χ1) is 6.16. The fourth-order valence-corrected chi connectivity index (χ4v) is 0.921. The van der Waals surface area contributed by atoms with Crippen LogP contribution in [0.15, 0.2) is 0 Å². The van der Waals surface area contributed by atoms with Gasteiger partial charge in [-0.1, -0.05) is 0 Å². The van der Waals surface area contributed by atoms with Gasteiger partial charge < -0.3 is 11.1 Å². The number of amides is 1. The van der Waals surface area contributed by atoms with E-state index >= 15 is 0 Å². The molecule has 1 atom stereocenters. The van der Waals surface area contributed by atoms with Crippen LogP contribution >= 0.6 is 0 Å². The lowest BCUT2D eigenvalue weighted by atomic mass is 10.2. The highest BCUT2D eigenvalue weighted by molar-refractivity contribution is 5.76. The smallest absolute Gasteiger partial charge is 0.221 e. The monoisotopic (exact) mass is 183 g/mol. The lowest BCUT2D eigenvalue weighted by Gasteiger charge is -2.05. The van der Waals surface area contributed by atoms with Gasteiger partial charge in [-0.05, 0) is 19.8 Å². The fraction of sp³-hybridized carbons (Fsp3) is 0.778. The maximum atomic E-state index is 11.0. The number of carbonyl (C=O) groups is 1. The number of nitrogens with two attached hydrogens (primary N) is 1. The van der Waals surface area contributed by atoms with Crippen molar-refractivity contribution in [3.63, 3.8) is 0 Å². The quantitative estimate of drug-likeness (QED) is 0.590. The van der Waals surface area contributed by atoms with Gasteiger partial charge in [0.05, 0.1) is 6.07 Å². The van der Waals surface area contributed by atoms with E-state index in [1.54, 1.807) is 6.92 Å². The molecule has 3 N–H and O–H groups in total. The number of hydrogen-bond acceptors (Lipinski definition) is 3. The highest BCUT2D eigenvalue weighted by atomic mass is 16.1. The summed E-state index contributed by atoms with van der Waals surface area (Å²) in [5, 5.41) is 11.0. The van der Waals surface area contributed by atoms with Crippen molar-refractivity contribution >= 4 is 5.91 Å². The Labute approximate surface area is 79.1 Å². The van der Waals surface area contributed by atoms with E-state index in [0.29, 0.717) is 19.4 Å². The van der Waals surface area contributed by atoms with Gasteiger partial charge in [0.2, 0.25) is 5.91 Å². The molecule has 74 valence electrons. The van der Waals surface area contributed by atoms with Crippen LogP contribution in [0.4, 0.5) is 0 Å². The molecule has 0 aliphatic carbocycles. The summed E-state index contributed by atoms with van der Waals surface area (Å²) < 4.78 is 0. The Morgan fingerprint density at radius 3 is 2.85 bits per heavy atom. The van der Waals surface area contributed by atoms with Gasteiger partial charge in [0.15, 0.2) is 0 Å². The van der Waals surface area contributed by atoms with Crippen LogP contribution in [0, 0.1) is 11.3 Å². The molecule has 1 unspecified atom stereocenters. The van der Waals surface area contributed by atoms with Crippen LogP contribution in [0.25, 0.3) is 0 Å². The van der Waals surface area contributed by atoms with Crippen molar-refractivity contribution in [2.75, 3.05) is 6.54 Å². The highest BCUT2D eigenvalue weighted by Crippen LogP contribution is 1.92. The zero-order chi connectivity index (χ0) is 10.1. The molecule has 0 aliphatic rings. The minimum absolute atomic E-state index is 0.00745. The van der Waals surface area contributed by atoms with Crippen molar-refractivity contribution in [1.82, 2.24) is 5.32 Å². The van der Waals surface area contributed by atoms with Crippen molar-refractivity contribution in [3.05, 3.63) is 0 Å². The third-order valence-corrected chi connectivity index (χ3v) is 1.54. The molecule has 0 saturated heterocycles. The Balaban J connectivity index is 3.23. The number of carbonyl (C=O) groups excluding carboxylic acids is 1. The predicted octanol–water partition coefficient (Wildman–Crippen LogP) is 0.534. The Morgan fingerprint density at radius 2 is 2.31 bits per heavy atom. The van der Waals surface area contributed by atoms with E-state index in [1.165, 1.54) is 0 Å². The van der Waals surface area contributed by atoms with Gasteiger partial charge in [0.1, 0.15) is 0 Å². The Kier molecular flexibility index (Phi) is 6.93. The first-order valence-corrected chi connectivity index (χ1v) is 4.56. The predicted molar refractivity (Wildman–Crippen MR) is 50.7 cm³/mol. The molecule has 4 nitrogen and oxygen atoms in total. The largest absolute Gasteiger partial charge is 0.356 e. The summed E-state index contributed by atoms with van der Waals surface area (Å²) in [5.74, 6) is -0.00745. The highest BCUT2D eigenvalue weighted by Gasteiger charge is 2.02. The SMILES string of the molecule is CC(N)CC(=O)NCCCCC#N. The second-order valence-corrected chi connectivity index (χ2v) is 3.15. The molecular weight excluding hydrogens is 166 g/mol. The van der Waals surface area contributed by atoms with Crippen molar-refractivity contribution in [2.24, 2.45) is 5.73 Å². The van der Waals surface area contributed by atoms with Crippen molar-refractivity contribution < 1.29 is 4.79 Å². The van der Waals surface area contributed by atoms with Gasteiger partial charge >= 0.3 is 0 Å². The van der Waals surface area contributed by atoms with Crippen molar-refractivity contribution in [2.45, 2.75) is 38.6 Å². The molecular formula is C9H17N3O. The number of nitriles is 1. The number of nitrogens with zero attached hydrogens (tertiary/aromatic N) is 1. The van der Waals surface area contributed by atoms with Crippen LogP contribution in [0.3, 0.4) is 0 Å². The lowest BCUT2D eigenvalue weighted by Crippen LogP contribution is -2.30. The van der Waals surface area contributed by atoms with Gasteiger partial charge in [-0.2, -0.15) is 5.26 Å². The summed E-state index contributed by atoms with van der Waals surface area (Å²) in [6.07, 6.45) is 2.63. The molecule has 0 aromatic rings. The Morgan fingerprint density at radius 1 is 1.62 bits per heavy atom. The van der Waals surface area contributed by atoms with E-state index in [0.717, 1.165) is 12.8 Å². The van der Waals surface area contributed by atoms with Gasteiger partial charge in [-0.25, -0.2) is 0 Å². The number of nitrogens with one attached hydrogen (secondary N) is 1. The average molecular weight is 183 g/mol. The molecule has 0 aromatic heterocycles. The molecule has 0 bridgehead atoms. The Hall–Kier alpha value is -1.08. The average Bonchev–Trinajstić information content (AvgIpc) is 2.02. The summed E-state index contributed by atoms with van der Waals surface area (Å²) in [6, 6.07) is 1.97. The topological polar surface area (TPSA) is 78.9 Å². The van der Waals surface area contributed by atoms with E-state index in [9.17, 15) is 4.79 Å². The van der Waals surface area contributed by atoms with Crippen molar-refractivity contribution in [1.29, 1.82) is 5.26 Å². The van der Waals surface area contributed by atoms with Gasteiger partial charge in [0.25, 0.3) is 0 Å². The third-order valence-electron chi connectivity index (χ3n) is 1.54. The first-order valence-electron chi connectivity index (χ1n) is 4.56. The van der Waals surface area contributed by atoms with Crippen LogP contribution in [-0.2, 0) is 4.79 Å². The number of rotatable bonds is 6. The fourth-order valence-electron chi connectivity index (χ4n) is 0.921. The molecule has 13 heavy (non-hydrogen) atoms. The maximum absolute atomic E-state index is 11.0. The normalized spacial score (nSPS) is 11.8. The number of unbranched alkanes of at least 4 members (excludes halogenated alkanes) is 2. The van der Waals surface area contributed by atoms with Crippen LogP contribution < -0.4 is 11.1 Å². The second kappa shape index (κ2) is 7.56. The molecule has 4 heteroatoms. The summed E-state index contributed by atoms with van der Waals surface area (Å²) in [4.78, 5) is 11.0. The lowest BCUT2D eigenvalue weighted by molar-refractivity contribution is -0.121. The van der Waals surface area contributed by atoms with Crippen LogP contribution in [0.5, 0.6) is 0 Å². The zero-order valence-electron chi connectivity index (χ0n) is 8.05. The van der Waals surface area contributed by atoms with Crippen LogP contribution in [0.1, 0.15) is 32.6 Å². The third kappa shape index (κ3) is 8.83. The summed E-state index contributed by atoms with van der Waals surface area (Å²) in [7, 11) is 0. The molecule has 0 aliphatic heterocycles. The van der Waals surface area contributed by atoms with E-state index in [1.807, 2.05) is 0 Å². The number of hydrogen-bond donors (Lipinski definition) is 2. The van der Waals surface area contributed by atoms with E-state index in [-0.39, 0.29) is 11.9 Å². The maximum Gasteiger partial charge on any atom is 0.221 e. The zero-order valence-corrected chi connectivity index (χ0v) is 8.05.